The molecule has 6 heteroatoms. The molecule has 110 valence electrons. The van der Waals surface area contributed by atoms with Crippen LogP contribution in [-0.4, -0.2) is 29.7 Å². The molecular formula is C14H17Br2NO2S. The van der Waals surface area contributed by atoms with Crippen molar-refractivity contribution in [2.45, 2.75) is 27.2 Å². The van der Waals surface area contributed by atoms with Crippen LogP contribution in [0.4, 0.5) is 0 Å². The second kappa shape index (κ2) is 5.89. The number of hydrogen-bond acceptors (Lipinski definition) is 3. The largest absolute Gasteiger partial charge is 0.335 e. The fourth-order valence-electron chi connectivity index (χ4n) is 2.29. The number of ketones is 1. The van der Waals surface area contributed by atoms with Crippen molar-refractivity contribution in [2.75, 3.05) is 13.1 Å². The van der Waals surface area contributed by atoms with Crippen LogP contribution < -0.4 is 0 Å². The van der Waals surface area contributed by atoms with E-state index in [4.69, 9.17) is 0 Å². The molecule has 1 fully saturated rings. The van der Waals surface area contributed by atoms with Gasteiger partial charge >= 0.3 is 0 Å². The molecule has 1 aliphatic heterocycles. The first kappa shape index (κ1) is 16.2. The van der Waals surface area contributed by atoms with E-state index in [1.807, 2.05) is 0 Å². The summed E-state index contributed by atoms with van der Waals surface area (Å²) in [5.74, 6) is 0.394. The Morgan fingerprint density at radius 1 is 1.45 bits per heavy atom. The number of hydrogen-bond donors (Lipinski definition) is 0. The molecule has 0 aromatic carbocycles. The summed E-state index contributed by atoms with van der Waals surface area (Å²) in [5, 5.41) is 0. The number of Topliss-reactive ketones (excluding diaryl/α,β-unsaturated/α-hetero) is 1. The Balaban J connectivity index is 2.06. The zero-order valence-corrected chi connectivity index (χ0v) is 15.7. The van der Waals surface area contributed by atoms with E-state index in [1.165, 1.54) is 11.3 Å². The summed E-state index contributed by atoms with van der Waals surface area (Å²) in [5.41, 5.74) is 0.744. The smallest absolute Gasteiger partial charge is 0.223 e. The van der Waals surface area contributed by atoms with Crippen LogP contribution in [0.1, 0.15) is 37.6 Å². The van der Waals surface area contributed by atoms with E-state index in [1.54, 1.807) is 11.0 Å². The van der Waals surface area contributed by atoms with Crippen molar-refractivity contribution in [2.24, 2.45) is 11.3 Å². The van der Waals surface area contributed by atoms with Crippen molar-refractivity contribution < 1.29 is 9.59 Å². The quantitative estimate of drug-likeness (QED) is 0.679. The predicted octanol–water partition coefficient (Wildman–Crippen LogP) is 4.35. The summed E-state index contributed by atoms with van der Waals surface area (Å²) >= 11 is 8.23. The Kier molecular flexibility index (Phi) is 4.76. The molecular weight excluding hydrogens is 406 g/mol. The maximum atomic E-state index is 12.3. The second-order valence-electron chi connectivity index (χ2n) is 6.20. The summed E-state index contributed by atoms with van der Waals surface area (Å²) in [7, 11) is 0. The average molecular weight is 423 g/mol. The van der Waals surface area contributed by atoms with Crippen LogP contribution in [0.15, 0.2) is 13.6 Å². The van der Waals surface area contributed by atoms with Crippen molar-refractivity contribution >= 4 is 54.9 Å². The van der Waals surface area contributed by atoms with Crippen LogP contribution in [0, 0.1) is 11.3 Å². The van der Waals surface area contributed by atoms with Crippen LogP contribution in [0.5, 0.6) is 0 Å². The highest BCUT2D eigenvalue weighted by molar-refractivity contribution is 9.12. The topological polar surface area (TPSA) is 37.4 Å². The molecule has 0 radical (unpaired) electrons. The molecule has 2 heterocycles. The zero-order valence-electron chi connectivity index (χ0n) is 11.7. The van der Waals surface area contributed by atoms with Gasteiger partial charge < -0.3 is 4.90 Å². The third kappa shape index (κ3) is 3.52. The van der Waals surface area contributed by atoms with Crippen molar-refractivity contribution in [1.82, 2.24) is 4.90 Å². The number of carbonyl (C=O) groups is 2. The number of halogens is 2. The number of likely N-dealkylation sites (tertiary alicyclic amines) is 1. The van der Waals surface area contributed by atoms with E-state index < -0.39 is 0 Å². The minimum absolute atomic E-state index is 0.0123. The first-order chi connectivity index (χ1) is 9.18. The number of thiophene rings is 1. The highest BCUT2D eigenvalue weighted by Crippen LogP contribution is 2.35. The van der Waals surface area contributed by atoms with Crippen LogP contribution in [0.25, 0.3) is 0 Å². The minimum atomic E-state index is -0.0123. The fourth-order valence-corrected chi connectivity index (χ4v) is 5.15. The van der Waals surface area contributed by atoms with Gasteiger partial charge in [0.1, 0.15) is 0 Å². The van der Waals surface area contributed by atoms with Crippen LogP contribution >= 0.6 is 43.2 Å². The maximum absolute atomic E-state index is 12.3. The van der Waals surface area contributed by atoms with E-state index in [0.29, 0.717) is 24.4 Å². The van der Waals surface area contributed by atoms with E-state index in [2.05, 4.69) is 52.6 Å². The Hall–Kier alpha value is -0.200. The van der Waals surface area contributed by atoms with Crippen LogP contribution in [-0.2, 0) is 4.79 Å². The maximum Gasteiger partial charge on any atom is 0.223 e. The summed E-state index contributed by atoms with van der Waals surface area (Å²) < 4.78 is 1.72. The highest BCUT2D eigenvalue weighted by atomic mass is 79.9. The van der Waals surface area contributed by atoms with E-state index in [-0.39, 0.29) is 23.7 Å². The van der Waals surface area contributed by atoms with Gasteiger partial charge in [-0.1, -0.05) is 20.8 Å². The standard InChI is InChI=1S/C14H17Br2NO2S/c1-14(2,3)8-4-12(19)17(6-8)7-10(18)9-5-11(15)20-13(9)16/h5,8H,4,6-7H2,1-3H3. The lowest BCUT2D eigenvalue weighted by molar-refractivity contribution is -0.127. The lowest BCUT2D eigenvalue weighted by atomic mass is 9.80. The van der Waals surface area contributed by atoms with Gasteiger partial charge in [-0.2, -0.15) is 0 Å². The molecule has 1 aliphatic rings. The molecule has 3 nitrogen and oxygen atoms in total. The number of carbonyl (C=O) groups excluding carboxylic acids is 2. The summed E-state index contributed by atoms with van der Waals surface area (Å²) in [6.45, 7) is 7.28. The van der Waals surface area contributed by atoms with Gasteiger partial charge in [0.2, 0.25) is 5.91 Å². The monoisotopic (exact) mass is 421 g/mol. The summed E-state index contributed by atoms with van der Waals surface area (Å²) in [6, 6.07) is 1.80. The molecule has 20 heavy (non-hydrogen) atoms. The summed E-state index contributed by atoms with van der Waals surface area (Å²) in [6.07, 6.45) is 0.547. The van der Waals surface area contributed by atoms with Crippen molar-refractivity contribution in [3.05, 3.63) is 19.2 Å². The number of rotatable bonds is 3. The third-order valence-electron chi connectivity index (χ3n) is 3.73. The molecule has 0 saturated carbocycles. The van der Waals surface area contributed by atoms with Gasteiger partial charge in [-0.05, 0) is 49.3 Å². The molecule has 0 bridgehead atoms. The predicted molar refractivity (Wildman–Crippen MR) is 88.2 cm³/mol. The van der Waals surface area contributed by atoms with Gasteiger partial charge in [0.05, 0.1) is 14.1 Å². The molecule has 0 N–H and O–H groups in total. The first-order valence-electron chi connectivity index (χ1n) is 6.44. The first-order valence-corrected chi connectivity index (χ1v) is 8.84. The van der Waals surface area contributed by atoms with Crippen LogP contribution in [0.2, 0.25) is 0 Å². The molecule has 1 amide bonds. The molecule has 1 atom stereocenters. The third-order valence-corrected chi connectivity index (χ3v) is 6.07. The molecule has 1 aromatic rings. The Labute approximate surface area is 140 Å². The normalized spacial score (nSPS) is 19.8. The van der Waals surface area contributed by atoms with Gasteiger partial charge in [-0.25, -0.2) is 0 Å². The fraction of sp³-hybridized carbons (Fsp3) is 0.571. The van der Waals surface area contributed by atoms with E-state index >= 15 is 0 Å². The Morgan fingerprint density at radius 2 is 2.10 bits per heavy atom. The van der Waals surface area contributed by atoms with Gasteiger partial charge in [0.25, 0.3) is 0 Å². The summed E-state index contributed by atoms with van der Waals surface area (Å²) in [4.78, 5) is 26.0. The molecule has 1 aromatic heterocycles. The molecule has 2 rings (SSSR count). The van der Waals surface area contributed by atoms with Crippen molar-refractivity contribution in [3.63, 3.8) is 0 Å². The average Bonchev–Trinajstić information content (AvgIpc) is 2.82. The molecule has 1 saturated heterocycles. The van der Waals surface area contributed by atoms with Crippen molar-refractivity contribution in [1.29, 1.82) is 0 Å². The van der Waals surface area contributed by atoms with Crippen molar-refractivity contribution in [3.8, 4) is 0 Å². The SMILES string of the molecule is CC(C)(C)C1CC(=O)N(CC(=O)c2cc(Br)sc2Br)C1. The Morgan fingerprint density at radius 3 is 2.55 bits per heavy atom. The number of nitrogens with zero attached hydrogens (tertiary/aromatic N) is 1. The second-order valence-corrected chi connectivity index (χ2v) is 9.95. The lowest BCUT2D eigenvalue weighted by Gasteiger charge is -2.26. The van der Waals surface area contributed by atoms with Gasteiger partial charge in [0.15, 0.2) is 5.78 Å². The lowest BCUT2D eigenvalue weighted by Crippen LogP contribution is -2.32. The molecule has 0 spiro atoms. The van der Waals surface area contributed by atoms with Gasteiger partial charge in [0, 0.05) is 18.5 Å². The highest BCUT2D eigenvalue weighted by Gasteiger charge is 2.37. The van der Waals surface area contributed by atoms with E-state index in [0.717, 1.165) is 7.57 Å². The number of amides is 1. The van der Waals surface area contributed by atoms with E-state index in [9.17, 15) is 9.59 Å². The van der Waals surface area contributed by atoms with Gasteiger partial charge in [-0.3, -0.25) is 9.59 Å². The van der Waals surface area contributed by atoms with Gasteiger partial charge in [-0.15, -0.1) is 11.3 Å². The zero-order chi connectivity index (χ0) is 15.1. The molecule has 0 aliphatic carbocycles. The molecule has 1 unspecified atom stereocenters. The van der Waals surface area contributed by atoms with Crippen LogP contribution in [0.3, 0.4) is 0 Å². The Bertz CT molecular complexity index is 548. The minimum Gasteiger partial charge on any atom is -0.335 e.